The number of urea groups is 1. The fourth-order valence-corrected chi connectivity index (χ4v) is 3.32. The molecule has 1 saturated heterocycles. The summed E-state index contributed by atoms with van der Waals surface area (Å²) in [7, 11) is 1.83. The van der Waals surface area contributed by atoms with Crippen molar-refractivity contribution < 1.29 is 8.98 Å². The van der Waals surface area contributed by atoms with Crippen molar-refractivity contribution in [3.05, 3.63) is 54.1 Å². The van der Waals surface area contributed by atoms with E-state index in [1.807, 2.05) is 49.5 Å². The Hall–Kier alpha value is -2.14. The Morgan fingerprint density at radius 2 is 1.83 bits per heavy atom. The normalized spacial score (nSPS) is 14.3. The van der Waals surface area contributed by atoms with Crippen LogP contribution in [0, 0.1) is 0 Å². The molecule has 0 radical (unpaired) electrons. The smallest absolute Gasteiger partial charge is 0.324 e. The standard InChI is InChI=1S/C19H22N2O2S/c1-3-6-15-7-4-5-8-18(15)23-24-17-11-9-16(10-12-17)21-14-13-20(2)19(21)22/h4-5,7-12H,3,6,13-14H2,1-2H3. The van der Waals surface area contributed by atoms with E-state index < -0.39 is 0 Å². The van der Waals surface area contributed by atoms with E-state index in [4.69, 9.17) is 4.18 Å². The first-order valence-electron chi connectivity index (χ1n) is 8.24. The summed E-state index contributed by atoms with van der Waals surface area (Å²) < 4.78 is 5.91. The van der Waals surface area contributed by atoms with Gasteiger partial charge in [-0.15, -0.1) is 0 Å². The Bertz CT molecular complexity index is 703. The second-order valence-corrected chi connectivity index (χ2v) is 6.68. The molecule has 24 heavy (non-hydrogen) atoms. The predicted octanol–water partition coefficient (Wildman–Crippen LogP) is 4.60. The highest BCUT2D eigenvalue weighted by Gasteiger charge is 2.26. The number of carbonyl (C=O) groups is 1. The van der Waals surface area contributed by atoms with Crippen molar-refractivity contribution in [2.24, 2.45) is 0 Å². The monoisotopic (exact) mass is 342 g/mol. The van der Waals surface area contributed by atoms with E-state index >= 15 is 0 Å². The third-order valence-electron chi connectivity index (χ3n) is 4.08. The summed E-state index contributed by atoms with van der Waals surface area (Å²) in [5, 5.41) is 0. The number of likely N-dealkylation sites (N-methyl/N-ethyl adjacent to an activating group) is 1. The summed E-state index contributed by atoms with van der Waals surface area (Å²) in [4.78, 5) is 16.6. The van der Waals surface area contributed by atoms with E-state index in [0.29, 0.717) is 0 Å². The number of para-hydroxylation sites is 1. The molecular weight excluding hydrogens is 320 g/mol. The number of amides is 2. The molecule has 126 valence electrons. The van der Waals surface area contributed by atoms with Gasteiger partial charge in [-0.1, -0.05) is 31.5 Å². The van der Waals surface area contributed by atoms with Gasteiger partial charge in [-0.2, -0.15) is 0 Å². The average molecular weight is 342 g/mol. The molecule has 2 aromatic rings. The third kappa shape index (κ3) is 3.67. The summed E-state index contributed by atoms with van der Waals surface area (Å²) in [5.41, 5.74) is 2.16. The van der Waals surface area contributed by atoms with Crippen LogP contribution in [0.1, 0.15) is 18.9 Å². The molecule has 0 atom stereocenters. The van der Waals surface area contributed by atoms with Crippen LogP contribution in [0.3, 0.4) is 0 Å². The van der Waals surface area contributed by atoms with Crippen LogP contribution in [0.2, 0.25) is 0 Å². The molecule has 0 saturated carbocycles. The fraction of sp³-hybridized carbons (Fsp3) is 0.316. The molecule has 1 heterocycles. The van der Waals surface area contributed by atoms with Gasteiger partial charge in [0, 0.05) is 30.7 Å². The molecule has 1 fully saturated rings. The number of anilines is 1. The van der Waals surface area contributed by atoms with E-state index in [9.17, 15) is 4.79 Å². The zero-order valence-electron chi connectivity index (χ0n) is 14.1. The number of hydrogen-bond acceptors (Lipinski definition) is 3. The van der Waals surface area contributed by atoms with Crippen LogP contribution >= 0.6 is 12.0 Å². The van der Waals surface area contributed by atoms with Gasteiger partial charge in [0.05, 0.1) is 12.0 Å². The highest BCUT2D eigenvalue weighted by molar-refractivity contribution is 7.95. The first-order chi connectivity index (χ1) is 11.7. The first-order valence-corrected chi connectivity index (χ1v) is 8.98. The van der Waals surface area contributed by atoms with Crippen molar-refractivity contribution in [2.75, 3.05) is 25.0 Å². The van der Waals surface area contributed by atoms with Crippen LogP contribution in [0.5, 0.6) is 5.75 Å². The molecule has 1 aliphatic rings. The number of nitrogens with zero attached hydrogens (tertiary/aromatic N) is 2. The summed E-state index contributed by atoms with van der Waals surface area (Å²) in [6.45, 7) is 3.68. The van der Waals surface area contributed by atoms with Gasteiger partial charge in [-0.05, 0) is 42.3 Å². The molecular formula is C19H22N2O2S. The molecule has 2 aromatic carbocycles. The number of carbonyl (C=O) groups excluding carboxylic acids is 1. The average Bonchev–Trinajstić information content (AvgIpc) is 2.94. The Morgan fingerprint density at radius 1 is 1.08 bits per heavy atom. The summed E-state index contributed by atoms with van der Waals surface area (Å²) in [5.74, 6) is 0.921. The molecule has 4 nitrogen and oxygen atoms in total. The van der Waals surface area contributed by atoms with Crippen LogP contribution in [0.4, 0.5) is 10.5 Å². The Balaban J connectivity index is 1.64. The number of rotatable bonds is 6. The van der Waals surface area contributed by atoms with Gasteiger partial charge in [-0.25, -0.2) is 4.79 Å². The van der Waals surface area contributed by atoms with Gasteiger partial charge < -0.3 is 9.08 Å². The molecule has 0 unspecified atom stereocenters. The topological polar surface area (TPSA) is 32.8 Å². The van der Waals surface area contributed by atoms with Crippen molar-refractivity contribution >= 4 is 23.8 Å². The maximum atomic E-state index is 12.0. The summed E-state index contributed by atoms with van der Waals surface area (Å²) in [6, 6.07) is 16.1. The minimum Gasteiger partial charge on any atom is -0.420 e. The minimum absolute atomic E-state index is 0.0557. The van der Waals surface area contributed by atoms with Gasteiger partial charge in [0.15, 0.2) is 0 Å². The highest BCUT2D eigenvalue weighted by Crippen LogP contribution is 2.29. The predicted molar refractivity (Wildman–Crippen MR) is 98.7 cm³/mol. The van der Waals surface area contributed by atoms with E-state index in [1.54, 1.807) is 9.80 Å². The SMILES string of the molecule is CCCc1ccccc1OSc1ccc(N2CCN(C)C2=O)cc1. The minimum atomic E-state index is 0.0557. The van der Waals surface area contributed by atoms with Crippen molar-refractivity contribution in [3.63, 3.8) is 0 Å². The van der Waals surface area contributed by atoms with Crippen LogP contribution in [-0.2, 0) is 6.42 Å². The summed E-state index contributed by atoms with van der Waals surface area (Å²) in [6.07, 6.45) is 2.11. The summed E-state index contributed by atoms with van der Waals surface area (Å²) >= 11 is 1.35. The van der Waals surface area contributed by atoms with Crippen LogP contribution in [0.25, 0.3) is 0 Å². The molecule has 0 spiro atoms. The van der Waals surface area contributed by atoms with Crippen molar-refractivity contribution in [3.8, 4) is 5.75 Å². The largest absolute Gasteiger partial charge is 0.420 e. The second-order valence-electron chi connectivity index (χ2n) is 5.87. The lowest BCUT2D eigenvalue weighted by atomic mass is 10.1. The first kappa shape index (κ1) is 16.7. The molecule has 0 aliphatic carbocycles. The Labute approximate surface area is 147 Å². The molecule has 5 heteroatoms. The van der Waals surface area contributed by atoms with Gasteiger partial charge in [-0.3, -0.25) is 4.90 Å². The van der Waals surface area contributed by atoms with Gasteiger partial charge in [0.1, 0.15) is 5.75 Å². The Morgan fingerprint density at radius 3 is 2.50 bits per heavy atom. The maximum Gasteiger partial charge on any atom is 0.324 e. The van der Waals surface area contributed by atoms with Gasteiger partial charge in [0.25, 0.3) is 0 Å². The molecule has 3 rings (SSSR count). The molecule has 0 bridgehead atoms. The number of aryl methyl sites for hydroxylation is 1. The van der Waals surface area contributed by atoms with E-state index in [2.05, 4.69) is 13.0 Å². The zero-order valence-corrected chi connectivity index (χ0v) is 14.9. The lowest BCUT2D eigenvalue weighted by Crippen LogP contribution is -2.29. The van der Waals surface area contributed by atoms with Crippen molar-refractivity contribution in [2.45, 2.75) is 24.7 Å². The number of hydrogen-bond donors (Lipinski definition) is 0. The van der Waals surface area contributed by atoms with Gasteiger partial charge in [0.2, 0.25) is 0 Å². The van der Waals surface area contributed by atoms with E-state index in [-0.39, 0.29) is 6.03 Å². The molecule has 0 N–H and O–H groups in total. The number of benzene rings is 2. The molecule has 1 aliphatic heterocycles. The van der Waals surface area contributed by atoms with Gasteiger partial charge >= 0.3 is 6.03 Å². The lowest BCUT2D eigenvalue weighted by molar-refractivity contribution is 0.229. The van der Waals surface area contributed by atoms with Crippen molar-refractivity contribution in [1.29, 1.82) is 0 Å². The van der Waals surface area contributed by atoms with Crippen LogP contribution < -0.4 is 9.08 Å². The van der Waals surface area contributed by atoms with Crippen molar-refractivity contribution in [1.82, 2.24) is 4.90 Å². The highest BCUT2D eigenvalue weighted by atomic mass is 32.2. The lowest BCUT2D eigenvalue weighted by Gasteiger charge is -2.16. The van der Waals surface area contributed by atoms with Crippen LogP contribution in [0.15, 0.2) is 53.4 Å². The zero-order chi connectivity index (χ0) is 16.9. The molecule has 2 amide bonds. The third-order valence-corrected chi connectivity index (χ3v) is 4.81. The van der Waals surface area contributed by atoms with Crippen LogP contribution in [-0.4, -0.2) is 31.1 Å². The van der Waals surface area contributed by atoms with E-state index in [1.165, 1.54) is 17.6 Å². The quantitative estimate of drug-likeness (QED) is 0.720. The fourth-order valence-electron chi connectivity index (χ4n) is 2.72. The Kier molecular flexibility index (Phi) is 5.30. The second kappa shape index (κ2) is 7.62. The molecule has 0 aromatic heterocycles. The van der Waals surface area contributed by atoms with E-state index in [0.717, 1.165) is 42.3 Å². The maximum absolute atomic E-state index is 12.0.